The van der Waals surface area contributed by atoms with Crippen LogP contribution in [0.2, 0.25) is 0 Å². The number of nitrogens with zero attached hydrogens (tertiary/aromatic N) is 2. The molecular formula is C25H19N3O6S2. The third kappa shape index (κ3) is 5.70. The maximum Gasteiger partial charge on any atom is 0.285 e. The summed E-state index contributed by atoms with van der Waals surface area (Å²) in [4.78, 5) is 36.0. The zero-order valence-electron chi connectivity index (χ0n) is 18.9. The SMILES string of the molecule is COc1cc(/C=C2/SC(=S)N(NC(=O)c3ccccc3)C2=O)ccc1OCc1ccc([N+](=O)[O-])cc1. The Morgan fingerprint density at radius 2 is 1.83 bits per heavy atom. The summed E-state index contributed by atoms with van der Waals surface area (Å²) in [5, 5.41) is 11.9. The molecule has 1 N–H and O–H groups in total. The van der Waals surface area contributed by atoms with Gasteiger partial charge in [0.05, 0.1) is 16.9 Å². The molecular weight excluding hydrogens is 502 g/mol. The second kappa shape index (κ2) is 11.0. The number of non-ortho nitro benzene ring substituents is 1. The molecule has 11 heteroatoms. The van der Waals surface area contributed by atoms with Crippen LogP contribution in [-0.2, 0) is 11.4 Å². The summed E-state index contributed by atoms with van der Waals surface area (Å²) in [7, 11) is 1.50. The number of rotatable bonds is 8. The Labute approximate surface area is 215 Å². The molecule has 1 aliphatic heterocycles. The van der Waals surface area contributed by atoms with Crippen molar-refractivity contribution >= 4 is 51.9 Å². The molecule has 0 aromatic heterocycles. The first-order chi connectivity index (χ1) is 17.4. The number of ether oxygens (including phenoxy) is 2. The topological polar surface area (TPSA) is 111 Å². The normalized spacial score (nSPS) is 14.1. The Hall–Kier alpha value is -4.22. The minimum absolute atomic E-state index is 0.00531. The third-order valence-corrected chi connectivity index (χ3v) is 6.37. The van der Waals surface area contributed by atoms with E-state index < -0.39 is 16.7 Å². The number of nitrogens with one attached hydrogen (secondary N) is 1. The first kappa shape index (κ1) is 24.9. The number of hydrazine groups is 1. The summed E-state index contributed by atoms with van der Waals surface area (Å²) in [6.45, 7) is 0.188. The Morgan fingerprint density at radius 3 is 2.50 bits per heavy atom. The smallest absolute Gasteiger partial charge is 0.285 e. The van der Waals surface area contributed by atoms with E-state index in [9.17, 15) is 19.7 Å². The number of methoxy groups -OCH3 is 1. The van der Waals surface area contributed by atoms with Crippen LogP contribution in [0.25, 0.3) is 6.08 Å². The van der Waals surface area contributed by atoms with E-state index in [-0.39, 0.29) is 16.6 Å². The van der Waals surface area contributed by atoms with Gasteiger partial charge in [0, 0.05) is 17.7 Å². The lowest BCUT2D eigenvalue weighted by atomic mass is 10.1. The van der Waals surface area contributed by atoms with E-state index in [1.54, 1.807) is 66.7 Å². The standard InChI is InChI=1S/C25H19N3O6S2/c1-33-21-13-17(9-12-20(21)34-15-16-7-10-19(11-8-16)28(31)32)14-22-24(30)27(25(35)36-22)26-23(29)18-5-3-2-4-6-18/h2-14H,15H2,1H3,(H,26,29)/b22-14+. The molecule has 1 heterocycles. The predicted molar refractivity (Wildman–Crippen MR) is 139 cm³/mol. The van der Waals surface area contributed by atoms with Gasteiger partial charge in [-0.2, -0.15) is 5.01 Å². The van der Waals surface area contributed by atoms with Crippen molar-refractivity contribution in [3.05, 3.63) is 105 Å². The first-order valence-electron chi connectivity index (χ1n) is 10.5. The highest BCUT2D eigenvalue weighted by molar-refractivity contribution is 8.26. The molecule has 36 heavy (non-hydrogen) atoms. The van der Waals surface area contributed by atoms with Crippen molar-refractivity contribution in [3.63, 3.8) is 0 Å². The van der Waals surface area contributed by atoms with Crippen LogP contribution in [0.4, 0.5) is 5.69 Å². The Balaban J connectivity index is 1.45. The molecule has 0 aliphatic carbocycles. The van der Waals surface area contributed by atoms with Gasteiger partial charge in [0.15, 0.2) is 15.8 Å². The number of thiocarbonyl (C=S) groups is 1. The molecule has 1 saturated heterocycles. The van der Waals surface area contributed by atoms with Crippen molar-refractivity contribution in [2.75, 3.05) is 7.11 Å². The molecule has 1 aliphatic rings. The van der Waals surface area contributed by atoms with Gasteiger partial charge < -0.3 is 9.47 Å². The zero-order chi connectivity index (χ0) is 25.7. The van der Waals surface area contributed by atoms with E-state index in [0.29, 0.717) is 27.5 Å². The fourth-order valence-corrected chi connectivity index (χ4v) is 4.42. The summed E-state index contributed by atoms with van der Waals surface area (Å²) in [5.74, 6) is 0.0327. The molecule has 3 aromatic rings. The van der Waals surface area contributed by atoms with Crippen LogP contribution >= 0.6 is 24.0 Å². The fraction of sp³-hybridized carbons (Fsp3) is 0.0800. The van der Waals surface area contributed by atoms with Gasteiger partial charge >= 0.3 is 0 Å². The molecule has 0 atom stereocenters. The van der Waals surface area contributed by atoms with E-state index in [1.807, 2.05) is 0 Å². The summed E-state index contributed by atoms with van der Waals surface area (Å²) in [6, 6.07) is 19.8. The van der Waals surface area contributed by atoms with Gasteiger partial charge in [-0.1, -0.05) is 36.0 Å². The largest absolute Gasteiger partial charge is 0.493 e. The van der Waals surface area contributed by atoms with Gasteiger partial charge in [0.1, 0.15) is 6.61 Å². The molecule has 3 aromatic carbocycles. The molecule has 0 bridgehead atoms. The summed E-state index contributed by atoms with van der Waals surface area (Å²) < 4.78 is 11.5. The summed E-state index contributed by atoms with van der Waals surface area (Å²) >= 11 is 6.36. The molecule has 1 fully saturated rings. The number of thioether (sulfide) groups is 1. The van der Waals surface area contributed by atoms with Crippen molar-refractivity contribution in [1.29, 1.82) is 0 Å². The van der Waals surface area contributed by atoms with E-state index in [1.165, 1.54) is 19.2 Å². The van der Waals surface area contributed by atoms with Gasteiger partial charge in [-0.15, -0.1) is 0 Å². The number of hydrogen-bond donors (Lipinski definition) is 1. The predicted octanol–water partition coefficient (Wildman–Crippen LogP) is 4.73. The Morgan fingerprint density at radius 1 is 1.11 bits per heavy atom. The fourth-order valence-electron chi connectivity index (χ4n) is 3.24. The lowest BCUT2D eigenvalue weighted by molar-refractivity contribution is -0.384. The number of nitro benzene ring substituents is 1. The molecule has 0 saturated carbocycles. The average molecular weight is 522 g/mol. The minimum Gasteiger partial charge on any atom is -0.493 e. The van der Waals surface area contributed by atoms with Gasteiger partial charge in [-0.3, -0.25) is 25.1 Å². The highest BCUT2D eigenvalue weighted by Crippen LogP contribution is 2.34. The quantitative estimate of drug-likeness (QED) is 0.196. The number of nitro groups is 1. The lowest BCUT2D eigenvalue weighted by Crippen LogP contribution is -2.44. The van der Waals surface area contributed by atoms with Crippen molar-refractivity contribution in [2.45, 2.75) is 6.61 Å². The molecule has 0 radical (unpaired) electrons. The monoisotopic (exact) mass is 521 g/mol. The number of benzene rings is 3. The van der Waals surface area contributed by atoms with Crippen LogP contribution in [0.1, 0.15) is 21.5 Å². The van der Waals surface area contributed by atoms with E-state index in [4.69, 9.17) is 21.7 Å². The van der Waals surface area contributed by atoms with Crippen molar-refractivity contribution in [3.8, 4) is 11.5 Å². The van der Waals surface area contributed by atoms with Crippen molar-refractivity contribution in [1.82, 2.24) is 10.4 Å². The number of carbonyl (C=O) groups is 2. The van der Waals surface area contributed by atoms with Crippen LogP contribution < -0.4 is 14.9 Å². The average Bonchev–Trinajstić information content (AvgIpc) is 3.15. The van der Waals surface area contributed by atoms with Crippen LogP contribution in [-0.4, -0.2) is 33.2 Å². The number of hydrogen-bond acceptors (Lipinski definition) is 8. The molecule has 9 nitrogen and oxygen atoms in total. The molecule has 182 valence electrons. The van der Waals surface area contributed by atoms with E-state index in [0.717, 1.165) is 22.3 Å². The molecule has 4 rings (SSSR count). The highest BCUT2D eigenvalue weighted by Gasteiger charge is 2.33. The Kier molecular flexibility index (Phi) is 7.62. The maximum absolute atomic E-state index is 12.9. The second-order valence-electron chi connectivity index (χ2n) is 7.45. The van der Waals surface area contributed by atoms with Crippen LogP contribution in [0, 0.1) is 10.1 Å². The maximum atomic E-state index is 12.9. The Bertz CT molecular complexity index is 1360. The van der Waals surface area contributed by atoms with Crippen LogP contribution in [0.3, 0.4) is 0 Å². The first-order valence-corrected chi connectivity index (χ1v) is 11.8. The van der Waals surface area contributed by atoms with Gasteiger partial charge in [0.25, 0.3) is 17.5 Å². The van der Waals surface area contributed by atoms with Crippen molar-refractivity contribution < 1.29 is 24.0 Å². The van der Waals surface area contributed by atoms with E-state index in [2.05, 4.69) is 5.43 Å². The zero-order valence-corrected chi connectivity index (χ0v) is 20.5. The lowest BCUT2D eigenvalue weighted by Gasteiger charge is -2.15. The second-order valence-corrected chi connectivity index (χ2v) is 9.12. The summed E-state index contributed by atoms with van der Waals surface area (Å²) in [5.41, 5.74) is 4.38. The highest BCUT2D eigenvalue weighted by atomic mass is 32.2. The number of carbonyl (C=O) groups excluding carboxylic acids is 2. The van der Waals surface area contributed by atoms with Gasteiger partial charge in [-0.05, 0) is 65.8 Å². The molecule has 0 spiro atoms. The number of amides is 2. The summed E-state index contributed by atoms with van der Waals surface area (Å²) in [6.07, 6.45) is 1.65. The molecule has 2 amide bonds. The van der Waals surface area contributed by atoms with Gasteiger partial charge in [-0.25, -0.2) is 0 Å². The van der Waals surface area contributed by atoms with Gasteiger partial charge in [0.2, 0.25) is 0 Å². The minimum atomic E-state index is -0.461. The third-order valence-electron chi connectivity index (χ3n) is 5.07. The van der Waals surface area contributed by atoms with Crippen LogP contribution in [0.5, 0.6) is 11.5 Å². The van der Waals surface area contributed by atoms with E-state index >= 15 is 0 Å². The van der Waals surface area contributed by atoms with Crippen LogP contribution in [0.15, 0.2) is 77.7 Å². The van der Waals surface area contributed by atoms with Crippen molar-refractivity contribution in [2.24, 2.45) is 0 Å². The molecule has 0 unspecified atom stereocenters.